The first kappa shape index (κ1) is 22.7. The summed E-state index contributed by atoms with van der Waals surface area (Å²) in [6.07, 6.45) is 3.44. The predicted octanol–water partition coefficient (Wildman–Crippen LogP) is 4.55. The van der Waals surface area contributed by atoms with Gasteiger partial charge in [0, 0.05) is 6.54 Å². The molecule has 0 radical (unpaired) electrons. The Bertz CT molecular complexity index is 1010. The number of thioether (sulfide) groups is 1. The molecule has 0 N–H and O–H groups in total. The van der Waals surface area contributed by atoms with E-state index in [0.29, 0.717) is 52.0 Å². The topological polar surface area (TPSA) is 57.2 Å². The van der Waals surface area contributed by atoms with E-state index in [9.17, 15) is 4.79 Å². The van der Waals surface area contributed by atoms with Crippen LogP contribution >= 0.6 is 24.0 Å². The van der Waals surface area contributed by atoms with E-state index in [-0.39, 0.29) is 5.91 Å². The number of carbonyl (C=O) groups is 1. The van der Waals surface area contributed by atoms with Crippen LogP contribution in [0.2, 0.25) is 0 Å². The molecule has 2 aromatic rings. The van der Waals surface area contributed by atoms with Gasteiger partial charge in [-0.25, -0.2) is 0 Å². The highest BCUT2D eigenvalue weighted by atomic mass is 32.2. The lowest BCUT2D eigenvalue weighted by atomic mass is 10.2. The standard InChI is InChI=1S/C23H23NO5S2/c1-4-11-24-22(25)21(31-23(24)30)15-16-9-10-19(20(14-16)27-3)29-13-12-28-18-8-6-5-7-17(18)26-2/h4-10,14-15H,1,11-13H2,2-3H3. The van der Waals surface area contributed by atoms with E-state index in [0.717, 1.165) is 5.56 Å². The highest BCUT2D eigenvalue weighted by Crippen LogP contribution is 2.34. The molecule has 2 aromatic carbocycles. The smallest absolute Gasteiger partial charge is 0.266 e. The molecule has 0 bridgehead atoms. The molecule has 0 atom stereocenters. The van der Waals surface area contributed by atoms with Crippen molar-refractivity contribution in [3.05, 3.63) is 65.6 Å². The van der Waals surface area contributed by atoms with Crippen LogP contribution in [-0.4, -0.2) is 49.1 Å². The fourth-order valence-corrected chi connectivity index (χ4v) is 4.15. The van der Waals surface area contributed by atoms with E-state index in [1.165, 1.54) is 16.7 Å². The predicted molar refractivity (Wildman–Crippen MR) is 127 cm³/mol. The number of nitrogens with zero attached hydrogens (tertiary/aromatic N) is 1. The van der Waals surface area contributed by atoms with Crippen LogP contribution in [0.3, 0.4) is 0 Å². The summed E-state index contributed by atoms with van der Waals surface area (Å²) in [6.45, 7) is 4.73. The first-order valence-electron chi connectivity index (χ1n) is 9.50. The second kappa shape index (κ2) is 10.9. The van der Waals surface area contributed by atoms with Gasteiger partial charge in [0.25, 0.3) is 5.91 Å². The maximum Gasteiger partial charge on any atom is 0.266 e. The van der Waals surface area contributed by atoms with Gasteiger partial charge in [0.1, 0.15) is 17.5 Å². The normalized spacial score (nSPS) is 14.6. The molecule has 0 aliphatic carbocycles. The van der Waals surface area contributed by atoms with E-state index in [1.807, 2.05) is 36.4 Å². The van der Waals surface area contributed by atoms with Gasteiger partial charge in [-0.05, 0) is 35.9 Å². The molecule has 1 fully saturated rings. The Morgan fingerprint density at radius 3 is 2.29 bits per heavy atom. The van der Waals surface area contributed by atoms with Gasteiger partial charge in [-0.1, -0.05) is 48.3 Å². The minimum atomic E-state index is -0.123. The van der Waals surface area contributed by atoms with Crippen LogP contribution in [0.25, 0.3) is 6.08 Å². The molecule has 1 aliphatic heterocycles. The fourth-order valence-electron chi connectivity index (χ4n) is 2.87. The molecule has 3 rings (SSSR count). The lowest BCUT2D eigenvalue weighted by Gasteiger charge is -2.13. The maximum atomic E-state index is 12.5. The summed E-state index contributed by atoms with van der Waals surface area (Å²) in [5.74, 6) is 2.35. The zero-order chi connectivity index (χ0) is 22.2. The van der Waals surface area contributed by atoms with Crippen molar-refractivity contribution in [1.29, 1.82) is 0 Å². The third-order valence-corrected chi connectivity index (χ3v) is 5.72. The second-order valence-electron chi connectivity index (χ2n) is 6.34. The molecule has 0 unspecified atom stereocenters. The van der Waals surface area contributed by atoms with Gasteiger partial charge >= 0.3 is 0 Å². The van der Waals surface area contributed by atoms with Crippen molar-refractivity contribution in [2.24, 2.45) is 0 Å². The molecule has 1 aliphatic rings. The minimum Gasteiger partial charge on any atom is -0.493 e. The Morgan fingerprint density at radius 2 is 1.65 bits per heavy atom. The number of thiocarbonyl (C=S) groups is 1. The number of benzene rings is 2. The summed E-state index contributed by atoms with van der Waals surface area (Å²) >= 11 is 6.55. The van der Waals surface area contributed by atoms with E-state index >= 15 is 0 Å². The first-order valence-corrected chi connectivity index (χ1v) is 10.7. The van der Waals surface area contributed by atoms with E-state index in [1.54, 1.807) is 32.4 Å². The van der Waals surface area contributed by atoms with Crippen LogP contribution in [0.4, 0.5) is 0 Å². The van der Waals surface area contributed by atoms with Crippen molar-refractivity contribution < 1.29 is 23.7 Å². The summed E-state index contributed by atoms with van der Waals surface area (Å²) in [6, 6.07) is 12.9. The number of methoxy groups -OCH3 is 2. The molecule has 1 saturated heterocycles. The van der Waals surface area contributed by atoms with Gasteiger partial charge in [0.15, 0.2) is 23.0 Å². The second-order valence-corrected chi connectivity index (χ2v) is 8.01. The molecular weight excluding hydrogens is 434 g/mol. The van der Waals surface area contributed by atoms with Crippen molar-refractivity contribution in [2.75, 3.05) is 34.0 Å². The molecule has 1 amide bonds. The Balaban J connectivity index is 1.63. The maximum absolute atomic E-state index is 12.5. The highest BCUT2D eigenvalue weighted by molar-refractivity contribution is 8.26. The van der Waals surface area contributed by atoms with Crippen LogP contribution in [0.5, 0.6) is 23.0 Å². The van der Waals surface area contributed by atoms with Gasteiger partial charge < -0.3 is 18.9 Å². The molecule has 6 nitrogen and oxygen atoms in total. The van der Waals surface area contributed by atoms with E-state index < -0.39 is 0 Å². The Labute approximate surface area is 191 Å². The number of ether oxygens (including phenoxy) is 4. The van der Waals surface area contributed by atoms with Crippen LogP contribution in [0.15, 0.2) is 60.0 Å². The number of para-hydroxylation sites is 2. The van der Waals surface area contributed by atoms with Gasteiger partial charge in [0.2, 0.25) is 0 Å². The fraction of sp³-hybridized carbons (Fsp3) is 0.217. The van der Waals surface area contributed by atoms with Crippen LogP contribution in [-0.2, 0) is 4.79 Å². The largest absolute Gasteiger partial charge is 0.493 e. The van der Waals surface area contributed by atoms with Gasteiger partial charge in [-0.15, -0.1) is 6.58 Å². The van der Waals surface area contributed by atoms with Gasteiger partial charge in [-0.3, -0.25) is 9.69 Å². The zero-order valence-corrected chi connectivity index (χ0v) is 19.0. The molecule has 1 heterocycles. The van der Waals surface area contributed by atoms with Crippen LogP contribution < -0.4 is 18.9 Å². The molecule has 0 spiro atoms. The van der Waals surface area contributed by atoms with Crippen molar-refractivity contribution >= 4 is 40.3 Å². The molecule has 31 heavy (non-hydrogen) atoms. The van der Waals surface area contributed by atoms with E-state index in [2.05, 4.69) is 6.58 Å². The average molecular weight is 458 g/mol. The number of hydrogen-bond acceptors (Lipinski definition) is 7. The lowest BCUT2D eigenvalue weighted by molar-refractivity contribution is -0.121. The summed E-state index contributed by atoms with van der Waals surface area (Å²) in [5, 5.41) is 0. The number of rotatable bonds is 10. The van der Waals surface area contributed by atoms with Crippen LogP contribution in [0, 0.1) is 0 Å². The van der Waals surface area contributed by atoms with Crippen molar-refractivity contribution in [3.8, 4) is 23.0 Å². The third kappa shape index (κ3) is 5.59. The quantitative estimate of drug-likeness (QED) is 0.225. The Hall–Kier alpha value is -2.97. The first-order chi connectivity index (χ1) is 15.1. The lowest BCUT2D eigenvalue weighted by Crippen LogP contribution is -2.27. The Morgan fingerprint density at radius 1 is 1.00 bits per heavy atom. The molecular formula is C23H23NO5S2. The molecule has 0 aromatic heterocycles. The number of amides is 1. The number of hydrogen-bond donors (Lipinski definition) is 0. The third-order valence-electron chi connectivity index (χ3n) is 4.34. The van der Waals surface area contributed by atoms with Crippen molar-refractivity contribution in [2.45, 2.75) is 0 Å². The van der Waals surface area contributed by atoms with Crippen LogP contribution in [0.1, 0.15) is 5.56 Å². The van der Waals surface area contributed by atoms with Crippen molar-refractivity contribution in [3.63, 3.8) is 0 Å². The van der Waals surface area contributed by atoms with Crippen molar-refractivity contribution in [1.82, 2.24) is 4.90 Å². The monoisotopic (exact) mass is 457 g/mol. The van der Waals surface area contributed by atoms with Gasteiger partial charge in [0.05, 0.1) is 19.1 Å². The molecule has 162 valence electrons. The highest BCUT2D eigenvalue weighted by Gasteiger charge is 2.31. The molecule has 0 saturated carbocycles. The minimum absolute atomic E-state index is 0.123. The number of carbonyl (C=O) groups excluding carboxylic acids is 1. The summed E-state index contributed by atoms with van der Waals surface area (Å²) in [7, 11) is 3.17. The van der Waals surface area contributed by atoms with E-state index in [4.69, 9.17) is 31.2 Å². The average Bonchev–Trinajstić information content (AvgIpc) is 3.05. The Kier molecular flexibility index (Phi) is 7.97. The summed E-state index contributed by atoms with van der Waals surface area (Å²) < 4.78 is 22.8. The zero-order valence-electron chi connectivity index (χ0n) is 17.3. The van der Waals surface area contributed by atoms with Gasteiger partial charge in [-0.2, -0.15) is 0 Å². The summed E-state index contributed by atoms with van der Waals surface area (Å²) in [4.78, 5) is 14.6. The molecule has 8 heteroatoms. The SMILES string of the molecule is C=CCN1C(=O)C(=Cc2ccc(OCCOc3ccccc3OC)c(OC)c2)SC1=S. The summed E-state index contributed by atoms with van der Waals surface area (Å²) in [5.41, 5.74) is 0.813.